The zero-order chi connectivity index (χ0) is 18.7. The number of nitrogens with zero attached hydrogens (tertiary/aromatic N) is 3. The van der Waals surface area contributed by atoms with Gasteiger partial charge in [0.15, 0.2) is 5.96 Å². The largest absolute Gasteiger partial charge is 0.469 e. The molecule has 0 aromatic carbocycles. The minimum absolute atomic E-state index is 0.0435. The van der Waals surface area contributed by atoms with Gasteiger partial charge in [0.25, 0.3) is 0 Å². The summed E-state index contributed by atoms with van der Waals surface area (Å²) in [5.41, 5.74) is 0. The summed E-state index contributed by atoms with van der Waals surface area (Å²) in [5.74, 6) is 0.475. The van der Waals surface area contributed by atoms with Crippen LogP contribution in [0.25, 0.3) is 0 Å². The highest BCUT2D eigenvalue weighted by Crippen LogP contribution is 2.18. The Kier molecular flexibility index (Phi) is 9.91. The Morgan fingerprint density at radius 3 is 2.52 bits per heavy atom. The quantitative estimate of drug-likeness (QED) is 0.292. The van der Waals surface area contributed by atoms with Crippen molar-refractivity contribution in [2.24, 2.45) is 10.9 Å². The number of hydrogen-bond donors (Lipinski definition) is 1. The van der Waals surface area contributed by atoms with Crippen LogP contribution < -0.4 is 5.32 Å². The zero-order valence-corrected chi connectivity index (χ0v) is 15.9. The number of hydrogen-bond acceptors (Lipinski definition) is 5. The van der Waals surface area contributed by atoms with Crippen molar-refractivity contribution in [3.05, 3.63) is 0 Å². The molecule has 1 rings (SSSR count). The molecule has 1 amide bonds. The first-order valence-electron chi connectivity index (χ1n) is 8.88. The number of carbonyl (C=O) groups excluding carboxylic acids is 2. The molecule has 1 saturated heterocycles. The van der Waals surface area contributed by atoms with Gasteiger partial charge < -0.3 is 24.6 Å². The van der Waals surface area contributed by atoms with E-state index < -0.39 is 0 Å². The smallest absolute Gasteiger partial charge is 0.308 e. The van der Waals surface area contributed by atoms with Crippen molar-refractivity contribution in [1.82, 2.24) is 15.1 Å². The molecule has 1 heterocycles. The molecule has 8 heteroatoms. The molecule has 144 valence electrons. The van der Waals surface area contributed by atoms with Crippen LogP contribution in [0.5, 0.6) is 0 Å². The summed E-state index contributed by atoms with van der Waals surface area (Å²) in [7, 11) is 4.86. The van der Waals surface area contributed by atoms with Crippen LogP contribution in [0.3, 0.4) is 0 Å². The van der Waals surface area contributed by atoms with E-state index in [-0.39, 0.29) is 24.3 Å². The van der Waals surface area contributed by atoms with Gasteiger partial charge in [0.1, 0.15) is 6.54 Å². The molecule has 0 atom stereocenters. The second-order valence-electron chi connectivity index (χ2n) is 6.19. The van der Waals surface area contributed by atoms with E-state index in [2.05, 4.69) is 15.2 Å². The van der Waals surface area contributed by atoms with Crippen LogP contribution in [0, 0.1) is 5.92 Å². The van der Waals surface area contributed by atoms with Gasteiger partial charge in [-0.05, 0) is 26.2 Å². The predicted octanol–water partition coefficient (Wildman–Crippen LogP) is 0.332. The number of piperidine rings is 1. The summed E-state index contributed by atoms with van der Waals surface area (Å²) in [4.78, 5) is 31.6. The second-order valence-corrected chi connectivity index (χ2v) is 6.19. The minimum Gasteiger partial charge on any atom is -0.469 e. The molecule has 0 unspecified atom stereocenters. The van der Waals surface area contributed by atoms with E-state index in [1.165, 1.54) is 12.0 Å². The SMILES string of the molecule is CCOCCCNC(=NCC(=O)N(C)C)N1CCC(C(=O)OC)CC1. The van der Waals surface area contributed by atoms with E-state index in [9.17, 15) is 9.59 Å². The minimum atomic E-state index is -0.148. The average molecular weight is 356 g/mol. The molecule has 8 nitrogen and oxygen atoms in total. The van der Waals surface area contributed by atoms with Gasteiger partial charge in [-0.15, -0.1) is 0 Å². The molecule has 1 aliphatic rings. The predicted molar refractivity (Wildman–Crippen MR) is 96.4 cm³/mol. The number of amides is 1. The molecule has 1 fully saturated rings. The summed E-state index contributed by atoms with van der Waals surface area (Å²) >= 11 is 0. The average Bonchev–Trinajstić information content (AvgIpc) is 2.63. The molecule has 1 aliphatic heterocycles. The lowest BCUT2D eigenvalue weighted by molar-refractivity contribution is -0.146. The number of nitrogens with one attached hydrogen (secondary N) is 1. The van der Waals surface area contributed by atoms with Crippen LogP contribution >= 0.6 is 0 Å². The van der Waals surface area contributed by atoms with Gasteiger partial charge in [-0.25, -0.2) is 4.99 Å². The van der Waals surface area contributed by atoms with Crippen molar-refractivity contribution in [2.45, 2.75) is 26.2 Å². The van der Waals surface area contributed by atoms with Gasteiger partial charge in [-0.3, -0.25) is 9.59 Å². The molecule has 0 aliphatic carbocycles. The van der Waals surface area contributed by atoms with Crippen LogP contribution in [0.4, 0.5) is 0 Å². The number of likely N-dealkylation sites (N-methyl/N-ethyl adjacent to an activating group) is 1. The maximum atomic E-state index is 11.8. The Morgan fingerprint density at radius 1 is 1.28 bits per heavy atom. The Labute approximate surface area is 150 Å². The Hall–Kier alpha value is -1.83. The van der Waals surface area contributed by atoms with Gasteiger partial charge in [0.05, 0.1) is 13.0 Å². The maximum Gasteiger partial charge on any atom is 0.308 e. The number of carbonyl (C=O) groups is 2. The van der Waals surface area contributed by atoms with Crippen molar-refractivity contribution in [2.75, 3.05) is 60.6 Å². The van der Waals surface area contributed by atoms with Crippen LogP contribution in [-0.2, 0) is 19.1 Å². The van der Waals surface area contributed by atoms with E-state index in [1.54, 1.807) is 14.1 Å². The van der Waals surface area contributed by atoms with E-state index in [1.807, 2.05) is 6.92 Å². The zero-order valence-electron chi connectivity index (χ0n) is 15.9. The first-order chi connectivity index (χ1) is 12.0. The van der Waals surface area contributed by atoms with E-state index in [4.69, 9.17) is 9.47 Å². The van der Waals surface area contributed by atoms with Gasteiger partial charge in [0, 0.05) is 46.9 Å². The van der Waals surface area contributed by atoms with Gasteiger partial charge in [-0.2, -0.15) is 0 Å². The fourth-order valence-corrected chi connectivity index (χ4v) is 2.56. The first-order valence-corrected chi connectivity index (χ1v) is 8.88. The van der Waals surface area contributed by atoms with Crippen LogP contribution in [-0.4, -0.2) is 88.2 Å². The van der Waals surface area contributed by atoms with Crippen molar-refractivity contribution >= 4 is 17.8 Å². The van der Waals surface area contributed by atoms with Crippen molar-refractivity contribution in [3.63, 3.8) is 0 Å². The Morgan fingerprint density at radius 2 is 1.96 bits per heavy atom. The Balaban J connectivity index is 2.59. The molecule has 0 aromatic rings. The molecular weight excluding hydrogens is 324 g/mol. The number of methoxy groups -OCH3 is 1. The fourth-order valence-electron chi connectivity index (χ4n) is 2.56. The normalized spacial score (nSPS) is 15.8. The van der Waals surface area contributed by atoms with Crippen molar-refractivity contribution in [1.29, 1.82) is 0 Å². The number of esters is 1. The number of aliphatic imine (C=N–C) groups is 1. The summed E-state index contributed by atoms with van der Waals surface area (Å²) in [6, 6.07) is 0. The third kappa shape index (κ3) is 7.72. The fraction of sp³-hybridized carbons (Fsp3) is 0.824. The lowest BCUT2D eigenvalue weighted by Gasteiger charge is -2.33. The highest BCUT2D eigenvalue weighted by molar-refractivity contribution is 5.85. The third-order valence-electron chi connectivity index (χ3n) is 4.14. The van der Waals surface area contributed by atoms with Crippen molar-refractivity contribution < 1.29 is 19.1 Å². The molecule has 25 heavy (non-hydrogen) atoms. The molecule has 0 bridgehead atoms. The number of likely N-dealkylation sites (tertiary alicyclic amines) is 1. The van der Waals surface area contributed by atoms with Gasteiger partial charge in [0.2, 0.25) is 5.91 Å². The second kappa shape index (κ2) is 11.7. The number of rotatable bonds is 8. The molecule has 0 spiro atoms. The number of guanidine groups is 1. The first kappa shape index (κ1) is 21.2. The van der Waals surface area contributed by atoms with E-state index in [0.717, 1.165) is 31.8 Å². The van der Waals surface area contributed by atoms with Crippen LogP contribution in [0.2, 0.25) is 0 Å². The van der Waals surface area contributed by atoms with Gasteiger partial charge in [-0.1, -0.05) is 0 Å². The lowest BCUT2D eigenvalue weighted by atomic mass is 9.97. The number of ether oxygens (including phenoxy) is 2. The summed E-state index contributed by atoms with van der Waals surface area (Å²) in [6.07, 6.45) is 2.33. The van der Waals surface area contributed by atoms with E-state index >= 15 is 0 Å². The van der Waals surface area contributed by atoms with E-state index in [0.29, 0.717) is 26.3 Å². The van der Waals surface area contributed by atoms with Crippen LogP contribution in [0.15, 0.2) is 4.99 Å². The lowest BCUT2D eigenvalue weighted by Crippen LogP contribution is -2.47. The van der Waals surface area contributed by atoms with Gasteiger partial charge >= 0.3 is 5.97 Å². The van der Waals surface area contributed by atoms with Crippen molar-refractivity contribution in [3.8, 4) is 0 Å². The molecule has 0 radical (unpaired) electrons. The third-order valence-corrected chi connectivity index (χ3v) is 4.14. The highest BCUT2D eigenvalue weighted by Gasteiger charge is 2.27. The summed E-state index contributed by atoms with van der Waals surface area (Å²) in [5, 5.41) is 3.31. The standard InChI is InChI=1S/C17H32N4O4/c1-5-25-12-6-9-18-17(19-13-15(22)20(2)3)21-10-7-14(8-11-21)16(23)24-4/h14H,5-13H2,1-4H3,(H,18,19). The summed E-state index contributed by atoms with van der Waals surface area (Å²) < 4.78 is 10.2. The monoisotopic (exact) mass is 356 g/mol. The molecule has 1 N–H and O–H groups in total. The Bertz CT molecular complexity index is 446. The molecule has 0 aromatic heterocycles. The highest BCUT2D eigenvalue weighted by atomic mass is 16.5. The molecule has 0 saturated carbocycles. The molecular formula is C17H32N4O4. The maximum absolute atomic E-state index is 11.8. The topological polar surface area (TPSA) is 83.5 Å². The summed E-state index contributed by atoms with van der Waals surface area (Å²) in [6.45, 7) is 5.64. The van der Waals surface area contributed by atoms with Crippen LogP contribution in [0.1, 0.15) is 26.2 Å².